The van der Waals surface area contributed by atoms with Gasteiger partial charge in [0.2, 0.25) is 11.8 Å². The van der Waals surface area contributed by atoms with Gasteiger partial charge < -0.3 is 16.0 Å². The summed E-state index contributed by atoms with van der Waals surface area (Å²) in [5.41, 5.74) is 5.52. The number of hydrogen-bond acceptors (Lipinski definition) is 3. The average molecular weight is 348 g/mol. The Morgan fingerprint density at radius 1 is 1.22 bits per heavy atom. The van der Waals surface area contributed by atoms with Gasteiger partial charge in [-0.1, -0.05) is 27.7 Å². The van der Waals surface area contributed by atoms with Crippen LogP contribution in [-0.4, -0.2) is 41.9 Å². The quantitative estimate of drug-likeness (QED) is 0.773. The van der Waals surface area contributed by atoms with Crippen LogP contribution in [0.25, 0.3) is 0 Å². The zero-order chi connectivity index (χ0) is 16.9. The number of hydrogen-bond donors (Lipinski definition) is 2. The van der Waals surface area contributed by atoms with Gasteiger partial charge in [-0.05, 0) is 32.1 Å². The van der Waals surface area contributed by atoms with Crippen LogP contribution in [0.2, 0.25) is 0 Å². The summed E-state index contributed by atoms with van der Waals surface area (Å²) in [6.45, 7) is 11.9. The van der Waals surface area contributed by atoms with Crippen LogP contribution in [0.15, 0.2) is 0 Å². The lowest BCUT2D eigenvalue weighted by atomic mass is 9.88. The lowest BCUT2D eigenvalue weighted by Gasteiger charge is -2.36. The number of nitrogens with zero attached hydrogens (tertiary/aromatic N) is 1. The Bertz CT molecular complexity index is 393. The summed E-state index contributed by atoms with van der Waals surface area (Å²) < 4.78 is 0. The van der Waals surface area contributed by atoms with Gasteiger partial charge in [-0.2, -0.15) is 0 Å². The SMILES string of the molecule is CC(C)CC(C)(CN)NC(=O)C1CCN(C(=O)C(C)C)CC1.Cl. The summed E-state index contributed by atoms with van der Waals surface area (Å²) in [4.78, 5) is 26.4. The van der Waals surface area contributed by atoms with Crippen LogP contribution in [0.5, 0.6) is 0 Å². The van der Waals surface area contributed by atoms with Gasteiger partial charge >= 0.3 is 0 Å². The third-order valence-electron chi connectivity index (χ3n) is 4.41. The highest BCUT2D eigenvalue weighted by Crippen LogP contribution is 2.22. The minimum absolute atomic E-state index is 0. The molecule has 2 amide bonds. The summed E-state index contributed by atoms with van der Waals surface area (Å²) in [5, 5.41) is 3.14. The number of halogens is 1. The lowest BCUT2D eigenvalue weighted by Crippen LogP contribution is -2.55. The first-order valence-corrected chi connectivity index (χ1v) is 8.49. The Balaban J connectivity index is 0.00000484. The van der Waals surface area contributed by atoms with Crippen LogP contribution in [0, 0.1) is 17.8 Å². The van der Waals surface area contributed by atoms with Crippen LogP contribution in [-0.2, 0) is 9.59 Å². The third kappa shape index (κ3) is 6.68. The van der Waals surface area contributed by atoms with Crippen LogP contribution in [0.3, 0.4) is 0 Å². The molecule has 0 aromatic rings. The lowest BCUT2D eigenvalue weighted by molar-refractivity contribution is -0.138. The van der Waals surface area contributed by atoms with E-state index in [1.165, 1.54) is 0 Å². The highest BCUT2D eigenvalue weighted by Gasteiger charge is 2.32. The minimum Gasteiger partial charge on any atom is -0.349 e. The van der Waals surface area contributed by atoms with Crippen molar-refractivity contribution in [3.05, 3.63) is 0 Å². The maximum atomic E-state index is 12.5. The first kappa shape index (κ1) is 22.2. The maximum Gasteiger partial charge on any atom is 0.225 e. The molecule has 1 fully saturated rings. The fourth-order valence-corrected chi connectivity index (χ4v) is 3.21. The van der Waals surface area contributed by atoms with Crippen molar-refractivity contribution in [2.24, 2.45) is 23.5 Å². The molecule has 0 radical (unpaired) electrons. The Morgan fingerprint density at radius 2 is 1.74 bits per heavy atom. The Hall–Kier alpha value is -0.810. The maximum absolute atomic E-state index is 12.5. The van der Waals surface area contributed by atoms with Crippen molar-refractivity contribution in [2.75, 3.05) is 19.6 Å². The van der Waals surface area contributed by atoms with Crippen molar-refractivity contribution in [1.82, 2.24) is 10.2 Å². The second-order valence-corrected chi connectivity index (χ2v) is 7.61. The molecule has 5 nitrogen and oxygen atoms in total. The minimum atomic E-state index is -0.337. The number of piperidine rings is 1. The van der Waals surface area contributed by atoms with Gasteiger partial charge in [0, 0.05) is 37.0 Å². The zero-order valence-corrected chi connectivity index (χ0v) is 16.0. The monoisotopic (exact) mass is 347 g/mol. The molecule has 0 aromatic heterocycles. The number of rotatable bonds is 6. The smallest absolute Gasteiger partial charge is 0.225 e. The largest absolute Gasteiger partial charge is 0.349 e. The van der Waals surface area contributed by atoms with Crippen molar-refractivity contribution in [1.29, 1.82) is 0 Å². The van der Waals surface area contributed by atoms with Crippen molar-refractivity contribution in [3.8, 4) is 0 Å². The summed E-state index contributed by atoms with van der Waals surface area (Å²) in [6.07, 6.45) is 2.36. The van der Waals surface area contributed by atoms with E-state index in [2.05, 4.69) is 19.2 Å². The predicted octanol–water partition coefficient (Wildman–Crippen LogP) is 2.18. The van der Waals surface area contributed by atoms with E-state index < -0.39 is 0 Å². The molecule has 1 aliphatic heterocycles. The fourth-order valence-electron chi connectivity index (χ4n) is 3.21. The van der Waals surface area contributed by atoms with E-state index >= 15 is 0 Å². The van der Waals surface area contributed by atoms with Crippen LogP contribution >= 0.6 is 12.4 Å². The van der Waals surface area contributed by atoms with Crippen molar-refractivity contribution < 1.29 is 9.59 Å². The Kier molecular flexibility index (Phi) is 9.14. The van der Waals surface area contributed by atoms with Crippen LogP contribution in [0.4, 0.5) is 0 Å². The van der Waals surface area contributed by atoms with Gasteiger partial charge in [0.05, 0.1) is 0 Å². The molecule has 1 rings (SSSR count). The van der Waals surface area contributed by atoms with Gasteiger partial charge in [0.25, 0.3) is 0 Å². The summed E-state index contributed by atoms with van der Waals surface area (Å²) in [5.74, 6) is 0.779. The molecule has 0 spiro atoms. The summed E-state index contributed by atoms with van der Waals surface area (Å²) in [6, 6.07) is 0. The molecular weight excluding hydrogens is 314 g/mol. The molecule has 0 aliphatic carbocycles. The number of nitrogens with two attached hydrogens (primary N) is 1. The Labute approximate surface area is 147 Å². The van der Waals surface area contributed by atoms with E-state index in [0.717, 1.165) is 19.3 Å². The van der Waals surface area contributed by atoms with Gasteiger partial charge in [-0.25, -0.2) is 0 Å². The van der Waals surface area contributed by atoms with E-state index in [-0.39, 0.29) is 41.6 Å². The highest BCUT2D eigenvalue weighted by atomic mass is 35.5. The zero-order valence-electron chi connectivity index (χ0n) is 15.2. The van der Waals surface area contributed by atoms with Crippen molar-refractivity contribution in [3.63, 3.8) is 0 Å². The van der Waals surface area contributed by atoms with E-state index in [4.69, 9.17) is 5.73 Å². The molecule has 6 heteroatoms. The normalized spacial score (nSPS) is 18.5. The molecule has 0 bridgehead atoms. The number of carbonyl (C=O) groups is 2. The highest BCUT2D eigenvalue weighted by molar-refractivity contribution is 5.85. The van der Waals surface area contributed by atoms with E-state index in [1.807, 2.05) is 25.7 Å². The molecule has 136 valence electrons. The summed E-state index contributed by atoms with van der Waals surface area (Å²) in [7, 11) is 0. The van der Waals surface area contributed by atoms with Crippen molar-refractivity contribution in [2.45, 2.75) is 59.4 Å². The second-order valence-electron chi connectivity index (χ2n) is 7.61. The summed E-state index contributed by atoms with van der Waals surface area (Å²) >= 11 is 0. The number of carbonyl (C=O) groups excluding carboxylic acids is 2. The van der Waals surface area contributed by atoms with Crippen LogP contribution in [0.1, 0.15) is 53.9 Å². The first-order valence-electron chi connectivity index (χ1n) is 8.49. The average Bonchev–Trinajstić information content (AvgIpc) is 2.45. The van der Waals surface area contributed by atoms with Crippen LogP contribution < -0.4 is 11.1 Å². The number of amides is 2. The Morgan fingerprint density at radius 3 is 2.13 bits per heavy atom. The van der Waals surface area contributed by atoms with Gasteiger partial charge in [0.1, 0.15) is 0 Å². The third-order valence-corrected chi connectivity index (χ3v) is 4.41. The van der Waals surface area contributed by atoms with Gasteiger partial charge in [-0.15, -0.1) is 12.4 Å². The molecule has 1 atom stereocenters. The standard InChI is InChI=1S/C17H33N3O2.ClH/c1-12(2)10-17(5,11-18)19-15(21)14-6-8-20(9-7-14)16(22)13(3)4;/h12-14H,6-11,18H2,1-5H3,(H,19,21);1H. The number of nitrogens with one attached hydrogen (secondary N) is 1. The van der Waals surface area contributed by atoms with E-state index in [0.29, 0.717) is 25.6 Å². The predicted molar refractivity (Wildman–Crippen MR) is 96.4 cm³/mol. The van der Waals surface area contributed by atoms with Gasteiger partial charge in [0.15, 0.2) is 0 Å². The molecule has 0 saturated carbocycles. The molecule has 1 heterocycles. The topological polar surface area (TPSA) is 75.4 Å². The fraction of sp³-hybridized carbons (Fsp3) is 0.882. The molecule has 1 unspecified atom stereocenters. The molecule has 1 saturated heterocycles. The molecular formula is C17H34ClN3O2. The second kappa shape index (κ2) is 9.48. The van der Waals surface area contributed by atoms with Crippen molar-refractivity contribution >= 4 is 24.2 Å². The number of likely N-dealkylation sites (tertiary alicyclic amines) is 1. The molecule has 23 heavy (non-hydrogen) atoms. The first-order chi connectivity index (χ1) is 10.2. The molecule has 0 aromatic carbocycles. The van der Waals surface area contributed by atoms with E-state index in [1.54, 1.807) is 0 Å². The van der Waals surface area contributed by atoms with Gasteiger partial charge in [-0.3, -0.25) is 9.59 Å². The van der Waals surface area contributed by atoms with E-state index in [9.17, 15) is 9.59 Å². The molecule has 3 N–H and O–H groups in total. The molecule has 1 aliphatic rings.